The summed E-state index contributed by atoms with van der Waals surface area (Å²) < 4.78 is 10.9. The fourth-order valence-electron chi connectivity index (χ4n) is 4.47. The summed E-state index contributed by atoms with van der Waals surface area (Å²) in [4.78, 5) is 54.3. The molecular weight excluding hydrogens is 524 g/mol. The molecule has 2 aliphatic heterocycles. The second-order valence-corrected chi connectivity index (χ2v) is 10.7. The Morgan fingerprint density at radius 3 is 2.21 bits per heavy atom. The highest BCUT2D eigenvalue weighted by atomic mass is 32.2. The third-order valence-electron chi connectivity index (χ3n) is 6.30. The van der Waals surface area contributed by atoms with Crippen LogP contribution in [0.2, 0.25) is 0 Å². The van der Waals surface area contributed by atoms with Gasteiger partial charge in [-0.05, 0) is 28.0 Å². The molecule has 1 saturated heterocycles. The van der Waals surface area contributed by atoms with Crippen molar-refractivity contribution in [2.75, 3.05) is 7.11 Å². The molecular formula is C28H24N2O6S2. The monoisotopic (exact) mass is 548 g/mol. The minimum Gasteiger partial charge on any atom is -0.466 e. The number of fused-ring (bicyclic) bond motifs is 1. The van der Waals surface area contributed by atoms with Crippen molar-refractivity contribution in [3.63, 3.8) is 0 Å². The molecule has 1 N–H and O–H groups in total. The van der Waals surface area contributed by atoms with E-state index in [2.05, 4.69) is 5.32 Å². The maximum Gasteiger partial charge on any atom is 0.336 e. The number of methoxy groups -OCH3 is 1. The standard InChI is InChI=1S/C28H24N2O6S2/c1-35-27(33)20-16-38-26-22(29-21(31)15-19-13-8-14-37-19)25(32)30(26)23(20)28(34)36-24(17-9-4-2-5-10-17)18-11-6-3-7-12-18/h2-14,16,22-24,26H,15H2,1H3,(H,29,31)/t22?,23?,26-/m0/s1. The fourth-order valence-corrected chi connectivity index (χ4v) is 6.39. The molecule has 3 aromatic rings. The number of hydrogen-bond acceptors (Lipinski definition) is 8. The summed E-state index contributed by atoms with van der Waals surface area (Å²) >= 11 is 2.64. The van der Waals surface area contributed by atoms with Crippen LogP contribution in [-0.4, -0.2) is 53.2 Å². The zero-order valence-corrected chi connectivity index (χ0v) is 21.9. The third kappa shape index (κ3) is 5.09. The Morgan fingerprint density at radius 1 is 0.974 bits per heavy atom. The lowest BCUT2D eigenvalue weighted by molar-refractivity contribution is -0.166. The van der Waals surface area contributed by atoms with Crippen molar-refractivity contribution in [2.45, 2.75) is 30.0 Å². The van der Waals surface area contributed by atoms with Gasteiger partial charge in [-0.2, -0.15) is 0 Å². The van der Waals surface area contributed by atoms with Gasteiger partial charge in [0, 0.05) is 4.88 Å². The van der Waals surface area contributed by atoms with E-state index in [1.807, 2.05) is 78.2 Å². The summed E-state index contributed by atoms with van der Waals surface area (Å²) in [5.41, 5.74) is 1.49. The molecule has 8 nitrogen and oxygen atoms in total. The van der Waals surface area contributed by atoms with E-state index in [0.29, 0.717) is 0 Å². The van der Waals surface area contributed by atoms with Gasteiger partial charge in [0.05, 0.1) is 19.1 Å². The fraction of sp³-hybridized carbons (Fsp3) is 0.214. The first-order chi connectivity index (χ1) is 18.5. The number of thiophene rings is 1. The van der Waals surface area contributed by atoms with E-state index >= 15 is 0 Å². The van der Waals surface area contributed by atoms with E-state index in [4.69, 9.17) is 9.47 Å². The first-order valence-corrected chi connectivity index (χ1v) is 13.7. The van der Waals surface area contributed by atoms with Gasteiger partial charge in [-0.1, -0.05) is 66.7 Å². The molecule has 2 aliphatic rings. The summed E-state index contributed by atoms with van der Waals surface area (Å²) in [5, 5.41) is 5.61. The first-order valence-electron chi connectivity index (χ1n) is 11.9. The molecule has 0 bridgehead atoms. The van der Waals surface area contributed by atoms with Gasteiger partial charge in [0.2, 0.25) is 11.8 Å². The number of rotatable bonds is 8. The molecule has 5 rings (SSSR count). The van der Waals surface area contributed by atoms with Gasteiger partial charge in [0.1, 0.15) is 11.4 Å². The number of amides is 2. The van der Waals surface area contributed by atoms with Crippen molar-refractivity contribution < 1.29 is 28.7 Å². The first kappa shape index (κ1) is 25.7. The van der Waals surface area contributed by atoms with Crippen molar-refractivity contribution in [3.05, 3.63) is 105 Å². The topological polar surface area (TPSA) is 102 Å². The minimum absolute atomic E-state index is 0.00957. The molecule has 2 aromatic carbocycles. The van der Waals surface area contributed by atoms with Crippen molar-refractivity contribution in [1.29, 1.82) is 0 Å². The average molecular weight is 549 g/mol. The Kier molecular flexibility index (Phi) is 7.62. The van der Waals surface area contributed by atoms with Crippen LogP contribution in [0.15, 0.2) is 89.2 Å². The molecule has 10 heteroatoms. The molecule has 38 heavy (non-hydrogen) atoms. The largest absolute Gasteiger partial charge is 0.466 e. The Bertz CT molecular complexity index is 1320. The Labute approximate surface area is 227 Å². The zero-order valence-electron chi connectivity index (χ0n) is 20.3. The lowest BCUT2D eigenvalue weighted by Gasteiger charge is -2.51. The van der Waals surface area contributed by atoms with Gasteiger partial charge >= 0.3 is 11.9 Å². The van der Waals surface area contributed by atoms with Crippen LogP contribution in [0.5, 0.6) is 0 Å². The molecule has 3 atom stereocenters. The Balaban J connectivity index is 1.39. The van der Waals surface area contributed by atoms with E-state index in [9.17, 15) is 19.2 Å². The summed E-state index contributed by atoms with van der Waals surface area (Å²) in [6.45, 7) is 0. The van der Waals surface area contributed by atoms with Crippen LogP contribution in [0.3, 0.4) is 0 Å². The molecule has 0 radical (unpaired) electrons. The second-order valence-electron chi connectivity index (χ2n) is 8.68. The van der Waals surface area contributed by atoms with Gasteiger partial charge in [-0.15, -0.1) is 23.1 Å². The number of benzene rings is 2. The summed E-state index contributed by atoms with van der Waals surface area (Å²) in [7, 11) is 1.21. The van der Waals surface area contributed by atoms with Crippen molar-refractivity contribution >= 4 is 46.9 Å². The van der Waals surface area contributed by atoms with Gasteiger partial charge in [-0.3, -0.25) is 9.59 Å². The molecule has 0 aliphatic carbocycles. The van der Waals surface area contributed by atoms with Crippen molar-refractivity contribution in [3.8, 4) is 0 Å². The molecule has 0 saturated carbocycles. The molecule has 2 amide bonds. The SMILES string of the molecule is COC(=O)C1=CS[C@H]2C(NC(=O)Cc3cccs3)C(=O)N2C1C(=O)OC(c1ccccc1)c1ccccc1. The second kappa shape index (κ2) is 11.2. The van der Waals surface area contributed by atoms with Gasteiger partial charge in [-0.25, -0.2) is 9.59 Å². The normalized spacial score (nSPS) is 20.2. The maximum absolute atomic E-state index is 13.7. The smallest absolute Gasteiger partial charge is 0.336 e. The highest BCUT2D eigenvalue weighted by molar-refractivity contribution is 8.03. The molecule has 1 fully saturated rings. The third-order valence-corrected chi connectivity index (χ3v) is 8.35. The number of nitrogens with zero attached hydrogens (tertiary/aromatic N) is 1. The number of carbonyl (C=O) groups excluding carboxylic acids is 4. The number of nitrogens with one attached hydrogen (secondary N) is 1. The highest BCUT2D eigenvalue weighted by Crippen LogP contribution is 2.41. The Morgan fingerprint density at radius 2 is 1.63 bits per heavy atom. The molecule has 0 spiro atoms. The van der Waals surface area contributed by atoms with Gasteiger partial charge in [0.25, 0.3) is 0 Å². The van der Waals surface area contributed by atoms with Crippen LogP contribution in [-0.2, 0) is 35.1 Å². The van der Waals surface area contributed by atoms with E-state index in [-0.39, 0.29) is 17.9 Å². The summed E-state index contributed by atoms with van der Waals surface area (Å²) in [6, 6.07) is 20.0. The molecule has 3 heterocycles. The quantitative estimate of drug-likeness (QED) is 0.340. The molecule has 2 unspecified atom stereocenters. The summed E-state index contributed by atoms with van der Waals surface area (Å²) in [5.74, 6) is -2.25. The highest BCUT2D eigenvalue weighted by Gasteiger charge is 2.57. The van der Waals surface area contributed by atoms with E-state index in [1.165, 1.54) is 40.5 Å². The van der Waals surface area contributed by atoms with Crippen LogP contribution < -0.4 is 5.32 Å². The maximum atomic E-state index is 13.7. The number of hydrogen-bond donors (Lipinski definition) is 1. The van der Waals surface area contributed by atoms with Crippen LogP contribution in [0.1, 0.15) is 22.1 Å². The lowest BCUT2D eigenvalue weighted by Crippen LogP contribution is -2.74. The van der Waals surface area contributed by atoms with Gasteiger partial charge in [0.15, 0.2) is 12.1 Å². The van der Waals surface area contributed by atoms with Crippen molar-refractivity contribution in [1.82, 2.24) is 10.2 Å². The summed E-state index contributed by atoms with van der Waals surface area (Å²) in [6.07, 6.45) is -0.599. The number of β-lactam (4-membered cyclic amide) rings is 1. The van der Waals surface area contributed by atoms with Crippen LogP contribution >= 0.6 is 23.1 Å². The van der Waals surface area contributed by atoms with Crippen LogP contribution in [0.4, 0.5) is 0 Å². The van der Waals surface area contributed by atoms with E-state index in [0.717, 1.165) is 16.0 Å². The zero-order chi connectivity index (χ0) is 26.6. The number of carbonyl (C=O) groups is 4. The molecule has 194 valence electrons. The number of esters is 2. The lowest BCUT2D eigenvalue weighted by atomic mass is 9.97. The van der Waals surface area contributed by atoms with E-state index in [1.54, 1.807) is 0 Å². The van der Waals surface area contributed by atoms with Gasteiger partial charge < -0.3 is 19.7 Å². The predicted octanol–water partition coefficient (Wildman–Crippen LogP) is 3.45. The van der Waals surface area contributed by atoms with Crippen LogP contribution in [0.25, 0.3) is 0 Å². The number of ether oxygens (including phenoxy) is 2. The van der Waals surface area contributed by atoms with Crippen molar-refractivity contribution in [2.24, 2.45) is 0 Å². The average Bonchev–Trinajstić information content (AvgIpc) is 3.47. The van der Waals surface area contributed by atoms with E-state index < -0.39 is 41.4 Å². The number of thioether (sulfide) groups is 1. The minimum atomic E-state index is -1.30. The molecule has 1 aromatic heterocycles. The predicted molar refractivity (Wildman–Crippen MR) is 143 cm³/mol. The van der Waals surface area contributed by atoms with Crippen LogP contribution in [0, 0.1) is 0 Å². The Hall–Kier alpha value is -3.89.